The Bertz CT molecular complexity index is 433. The Morgan fingerprint density at radius 2 is 2.06 bits per heavy atom. The van der Waals surface area contributed by atoms with Crippen molar-refractivity contribution < 1.29 is 24.1 Å². The lowest BCUT2D eigenvalue weighted by Crippen LogP contribution is -2.17. The van der Waals surface area contributed by atoms with Gasteiger partial charge in [0.15, 0.2) is 17.6 Å². The van der Waals surface area contributed by atoms with Crippen LogP contribution in [0.1, 0.15) is 18.6 Å². The zero-order valence-corrected chi connectivity index (χ0v) is 11.2. The van der Waals surface area contributed by atoms with Crippen molar-refractivity contribution in [2.75, 3.05) is 20.8 Å². The summed E-state index contributed by atoms with van der Waals surface area (Å²) in [5.41, 5.74) is 0.136. The molecule has 1 unspecified atom stereocenters. The first kappa shape index (κ1) is 14.6. The van der Waals surface area contributed by atoms with Gasteiger partial charge in [0.1, 0.15) is 0 Å². The second kappa shape index (κ2) is 6.47. The molecule has 0 aliphatic carbocycles. The fourth-order valence-electron chi connectivity index (χ4n) is 1.52. The topological polar surface area (TPSA) is 65.0 Å². The Labute approximate surface area is 110 Å². The number of esters is 1. The average molecular weight is 275 g/mol. The van der Waals surface area contributed by atoms with Crippen molar-refractivity contribution in [3.05, 3.63) is 22.7 Å². The van der Waals surface area contributed by atoms with Gasteiger partial charge in [-0.2, -0.15) is 0 Å². The number of methoxy groups -OCH3 is 2. The highest BCUT2D eigenvalue weighted by Gasteiger charge is 2.27. The van der Waals surface area contributed by atoms with Gasteiger partial charge in [0.2, 0.25) is 0 Å². The van der Waals surface area contributed by atoms with Crippen LogP contribution in [0.25, 0.3) is 0 Å². The maximum Gasteiger partial charge on any atom is 0.339 e. The first-order valence-corrected chi connectivity index (χ1v) is 5.69. The maximum atomic E-state index is 11.5. The molecule has 0 bridgehead atoms. The number of rotatable bonds is 5. The summed E-state index contributed by atoms with van der Waals surface area (Å²) in [5.74, 6) is -0.197. The van der Waals surface area contributed by atoms with E-state index in [-0.39, 0.29) is 22.9 Å². The lowest BCUT2D eigenvalue weighted by molar-refractivity contribution is -0.153. The number of aliphatic hydroxyl groups is 1. The van der Waals surface area contributed by atoms with Crippen LogP contribution in [0.3, 0.4) is 0 Å². The van der Waals surface area contributed by atoms with Crippen LogP contribution >= 0.6 is 11.6 Å². The van der Waals surface area contributed by atoms with E-state index in [1.807, 2.05) is 0 Å². The summed E-state index contributed by atoms with van der Waals surface area (Å²) in [4.78, 5) is 11.5. The highest BCUT2D eigenvalue weighted by Crippen LogP contribution is 2.39. The van der Waals surface area contributed by atoms with Crippen molar-refractivity contribution in [2.24, 2.45) is 0 Å². The molecule has 18 heavy (non-hydrogen) atoms. The number of carbonyl (C=O) groups is 1. The predicted octanol–water partition coefficient (Wildman–Crippen LogP) is 1.95. The smallest absolute Gasteiger partial charge is 0.339 e. The largest absolute Gasteiger partial charge is 0.493 e. The van der Waals surface area contributed by atoms with Crippen LogP contribution in [-0.4, -0.2) is 31.9 Å². The van der Waals surface area contributed by atoms with E-state index in [9.17, 15) is 9.90 Å². The minimum absolute atomic E-state index is 0.136. The maximum absolute atomic E-state index is 11.5. The molecule has 0 aromatic heterocycles. The molecular formula is C12H15ClO5. The van der Waals surface area contributed by atoms with Crippen LogP contribution in [-0.2, 0) is 9.53 Å². The minimum atomic E-state index is -1.51. The second-order valence-electron chi connectivity index (χ2n) is 3.35. The number of aliphatic hydroxyl groups excluding tert-OH is 1. The van der Waals surface area contributed by atoms with Crippen LogP contribution in [0.5, 0.6) is 11.5 Å². The molecule has 100 valence electrons. The Balaban J connectivity index is 3.24. The Morgan fingerprint density at radius 1 is 1.39 bits per heavy atom. The molecule has 0 heterocycles. The molecule has 1 atom stereocenters. The molecule has 0 fully saturated rings. The third-order valence-electron chi connectivity index (χ3n) is 2.31. The molecule has 0 aliphatic heterocycles. The fraction of sp³-hybridized carbons (Fsp3) is 0.417. The van der Waals surface area contributed by atoms with Gasteiger partial charge in [-0.15, -0.1) is 0 Å². The van der Waals surface area contributed by atoms with Gasteiger partial charge >= 0.3 is 5.97 Å². The van der Waals surface area contributed by atoms with E-state index < -0.39 is 12.1 Å². The van der Waals surface area contributed by atoms with Crippen LogP contribution < -0.4 is 9.47 Å². The third kappa shape index (κ3) is 2.86. The number of halogens is 1. The molecule has 1 N–H and O–H groups in total. The molecule has 0 saturated carbocycles. The summed E-state index contributed by atoms with van der Waals surface area (Å²) >= 11 is 5.97. The van der Waals surface area contributed by atoms with Gasteiger partial charge in [0, 0.05) is 0 Å². The highest BCUT2D eigenvalue weighted by atomic mass is 35.5. The van der Waals surface area contributed by atoms with Crippen LogP contribution in [0, 0.1) is 0 Å². The highest BCUT2D eigenvalue weighted by molar-refractivity contribution is 6.32. The summed E-state index contributed by atoms with van der Waals surface area (Å²) in [6.45, 7) is 1.81. The predicted molar refractivity (Wildman–Crippen MR) is 66.1 cm³/mol. The monoisotopic (exact) mass is 274 g/mol. The van der Waals surface area contributed by atoms with Gasteiger partial charge < -0.3 is 19.3 Å². The Hall–Kier alpha value is -1.46. The second-order valence-corrected chi connectivity index (χ2v) is 3.76. The molecule has 0 amide bonds. The van der Waals surface area contributed by atoms with Gasteiger partial charge in [-0.25, -0.2) is 4.79 Å². The number of carbonyl (C=O) groups excluding carboxylic acids is 1. The van der Waals surface area contributed by atoms with Crippen molar-refractivity contribution in [1.82, 2.24) is 0 Å². The molecule has 6 heteroatoms. The average Bonchev–Trinajstić information content (AvgIpc) is 2.37. The number of ether oxygens (including phenoxy) is 3. The quantitative estimate of drug-likeness (QED) is 0.832. The molecule has 0 aliphatic rings. The molecule has 0 spiro atoms. The van der Waals surface area contributed by atoms with Crippen molar-refractivity contribution in [3.8, 4) is 11.5 Å². The van der Waals surface area contributed by atoms with Gasteiger partial charge in [-0.05, 0) is 19.1 Å². The Morgan fingerprint density at radius 3 is 2.56 bits per heavy atom. The summed E-state index contributed by atoms with van der Waals surface area (Å²) in [6, 6.07) is 3.10. The lowest BCUT2D eigenvalue weighted by atomic mass is 10.1. The zero-order chi connectivity index (χ0) is 13.7. The zero-order valence-electron chi connectivity index (χ0n) is 10.4. The van der Waals surface area contributed by atoms with E-state index in [0.717, 1.165) is 0 Å². The fourth-order valence-corrected chi connectivity index (χ4v) is 1.77. The molecule has 5 nitrogen and oxygen atoms in total. The van der Waals surface area contributed by atoms with E-state index >= 15 is 0 Å². The molecule has 0 saturated heterocycles. The van der Waals surface area contributed by atoms with E-state index in [1.54, 1.807) is 13.0 Å². The van der Waals surface area contributed by atoms with Crippen molar-refractivity contribution in [1.29, 1.82) is 0 Å². The Kier molecular flexibility index (Phi) is 5.25. The summed E-state index contributed by atoms with van der Waals surface area (Å²) in [5, 5.41) is 10.1. The minimum Gasteiger partial charge on any atom is -0.493 e. The van der Waals surface area contributed by atoms with Crippen LogP contribution in [0.4, 0.5) is 0 Å². The van der Waals surface area contributed by atoms with E-state index in [1.165, 1.54) is 20.3 Å². The normalized spacial score (nSPS) is 11.8. The van der Waals surface area contributed by atoms with Gasteiger partial charge in [-0.3, -0.25) is 0 Å². The standard InChI is InChI=1S/C12H15ClO5/c1-4-18-12(15)10(14)9-7(13)5-6-8(16-2)11(9)17-3/h5-6,10,14H,4H2,1-3H3. The van der Waals surface area contributed by atoms with Crippen molar-refractivity contribution in [2.45, 2.75) is 13.0 Å². The lowest BCUT2D eigenvalue weighted by Gasteiger charge is -2.17. The van der Waals surface area contributed by atoms with E-state index in [0.29, 0.717) is 5.75 Å². The number of hydrogen-bond acceptors (Lipinski definition) is 5. The van der Waals surface area contributed by atoms with Crippen LogP contribution in [0.2, 0.25) is 5.02 Å². The van der Waals surface area contributed by atoms with Gasteiger partial charge in [0.25, 0.3) is 0 Å². The SMILES string of the molecule is CCOC(=O)C(O)c1c(Cl)ccc(OC)c1OC. The molecule has 1 aromatic rings. The van der Waals surface area contributed by atoms with Crippen LogP contribution in [0.15, 0.2) is 12.1 Å². The molecular weight excluding hydrogens is 260 g/mol. The summed E-state index contributed by atoms with van der Waals surface area (Å²) < 4.78 is 14.9. The van der Waals surface area contributed by atoms with Gasteiger partial charge in [-0.1, -0.05) is 11.6 Å². The molecule has 1 rings (SSSR count). The summed E-state index contributed by atoms with van der Waals surface area (Å²) in [7, 11) is 2.85. The first-order valence-electron chi connectivity index (χ1n) is 5.31. The number of hydrogen-bond donors (Lipinski definition) is 1. The van der Waals surface area contributed by atoms with E-state index in [4.69, 9.17) is 25.8 Å². The molecule has 0 radical (unpaired) electrons. The molecule has 1 aromatic carbocycles. The number of benzene rings is 1. The van der Waals surface area contributed by atoms with Gasteiger partial charge in [0.05, 0.1) is 31.4 Å². The van der Waals surface area contributed by atoms with Crippen molar-refractivity contribution in [3.63, 3.8) is 0 Å². The third-order valence-corrected chi connectivity index (χ3v) is 2.64. The van der Waals surface area contributed by atoms with Crippen molar-refractivity contribution >= 4 is 17.6 Å². The van der Waals surface area contributed by atoms with E-state index in [2.05, 4.69) is 0 Å². The first-order chi connectivity index (χ1) is 8.56. The summed E-state index contributed by atoms with van der Waals surface area (Å²) in [6.07, 6.45) is -1.51.